The van der Waals surface area contributed by atoms with Crippen LogP contribution in [0.2, 0.25) is 0 Å². The van der Waals surface area contributed by atoms with Crippen molar-refractivity contribution >= 4 is 27.8 Å². The van der Waals surface area contributed by atoms with Crippen LogP contribution in [0.3, 0.4) is 0 Å². The molecule has 8 aromatic rings. The molecule has 0 aromatic heterocycles. The number of benzene rings is 8. The van der Waals surface area contributed by atoms with Gasteiger partial charge in [-0.25, -0.2) is 0 Å². The number of hydrogen-bond donors (Lipinski definition) is 0. The van der Waals surface area contributed by atoms with Gasteiger partial charge in [-0.2, -0.15) is 0 Å². The minimum Gasteiger partial charge on any atom is -0.311 e. The summed E-state index contributed by atoms with van der Waals surface area (Å²) in [5, 5.41) is 2.68. The van der Waals surface area contributed by atoms with Crippen LogP contribution >= 0.6 is 0 Å². The Morgan fingerprint density at radius 1 is 0.456 bits per heavy atom. The van der Waals surface area contributed by atoms with E-state index >= 15 is 0 Å². The lowest BCUT2D eigenvalue weighted by atomic mass is 9.63. The average Bonchev–Trinajstić information content (AvgIpc) is 3.63. The molecule has 57 heavy (non-hydrogen) atoms. The molecule has 1 nitrogen and oxygen atoms in total. The summed E-state index contributed by atoms with van der Waals surface area (Å²) < 4.78 is 0. The predicted molar refractivity (Wildman–Crippen MR) is 242 cm³/mol. The lowest BCUT2D eigenvalue weighted by molar-refractivity contribution is 0.589. The maximum Gasteiger partial charge on any atom is 0.0716 e. The minimum absolute atomic E-state index is 0.0392. The van der Waals surface area contributed by atoms with E-state index < -0.39 is 5.41 Å². The topological polar surface area (TPSA) is 3.24 Å². The van der Waals surface area contributed by atoms with Gasteiger partial charge in [-0.1, -0.05) is 174 Å². The van der Waals surface area contributed by atoms with Crippen LogP contribution in [0.5, 0.6) is 0 Å². The first-order chi connectivity index (χ1) is 27.5. The zero-order valence-electron chi connectivity index (χ0n) is 34.1. The molecule has 1 atom stereocenters. The van der Waals surface area contributed by atoms with Crippen molar-refractivity contribution in [3.05, 3.63) is 220 Å². The Bertz CT molecular complexity index is 2800. The summed E-state index contributed by atoms with van der Waals surface area (Å²) in [6, 6.07) is 64.1. The number of para-hydroxylation sites is 2. The zero-order valence-corrected chi connectivity index (χ0v) is 34.1. The summed E-state index contributed by atoms with van der Waals surface area (Å²) in [5.74, 6) is 0. The van der Waals surface area contributed by atoms with Gasteiger partial charge in [-0.05, 0) is 133 Å². The van der Waals surface area contributed by atoms with Gasteiger partial charge in [-0.15, -0.1) is 0 Å². The summed E-state index contributed by atoms with van der Waals surface area (Å²) in [6.45, 7) is 16.4. The SMILES string of the molecule is Cc1ccc2c(c1)C(c1ccc(N(c3ccccc3)c3ccccc3)cc1)(c1ccc(C(C)(C)C)cc1)c1c-2ccc2c1C(C)(C)c1cc(C)c3ccccc3c1-2. The van der Waals surface area contributed by atoms with Gasteiger partial charge in [-0.3, -0.25) is 0 Å². The molecule has 1 unspecified atom stereocenters. The zero-order chi connectivity index (χ0) is 39.3. The predicted octanol–water partition coefficient (Wildman–Crippen LogP) is 14.9. The van der Waals surface area contributed by atoms with Crippen molar-refractivity contribution in [1.29, 1.82) is 0 Å². The Morgan fingerprint density at radius 2 is 0.982 bits per heavy atom. The number of aryl methyl sites for hydroxylation is 2. The number of nitrogens with zero attached hydrogens (tertiary/aromatic N) is 1. The van der Waals surface area contributed by atoms with E-state index in [0.717, 1.165) is 17.1 Å². The third-order valence-electron chi connectivity index (χ3n) is 13.0. The van der Waals surface area contributed by atoms with Crippen molar-refractivity contribution in [3.63, 3.8) is 0 Å². The Hall–Kier alpha value is -6.18. The summed E-state index contributed by atoms with van der Waals surface area (Å²) in [6.07, 6.45) is 0. The van der Waals surface area contributed by atoms with Gasteiger partial charge < -0.3 is 4.90 Å². The van der Waals surface area contributed by atoms with Crippen molar-refractivity contribution < 1.29 is 0 Å². The van der Waals surface area contributed by atoms with Crippen LogP contribution in [0.25, 0.3) is 33.0 Å². The molecule has 0 bridgehead atoms. The molecule has 2 aliphatic rings. The van der Waals surface area contributed by atoms with Crippen molar-refractivity contribution in [2.24, 2.45) is 0 Å². The molecule has 0 fully saturated rings. The Labute approximate surface area is 338 Å². The molecule has 0 saturated carbocycles. The molecule has 0 aliphatic heterocycles. The highest BCUT2D eigenvalue weighted by molar-refractivity contribution is 6.06. The molecule has 2 aliphatic carbocycles. The molecule has 0 radical (unpaired) electrons. The Balaban J connectivity index is 1.30. The van der Waals surface area contributed by atoms with E-state index in [1.165, 1.54) is 83.1 Å². The fraction of sp³-hybridized carbons (Fsp3) is 0.179. The number of fused-ring (bicyclic) bond motifs is 9. The average molecular weight is 736 g/mol. The van der Waals surface area contributed by atoms with Crippen LogP contribution in [0, 0.1) is 13.8 Å². The molecule has 10 rings (SSSR count). The van der Waals surface area contributed by atoms with Gasteiger partial charge >= 0.3 is 0 Å². The standard InChI is InChI=1S/C56H49N/c1-36-22-31-45-47-32-33-48-51-46-21-15-14-20-44(46)37(2)35-50(51)55(6,7)52(48)53(47)56(49(45)34-36,39-25-23-38(24-26-39)54(3,4)5)40-27-29-43(30-28-40)57(41-16-10-8-11-17-41)42-18-12-9-13-19-42/h8-35H,1-7H3. The number of anilines is 3. The molecule has 8 aromatic carbocycles. The first-order valence-electron chi connectivity index (χ1n) is 20.4. The van der Waals surface area contributed by atoms with Gasteiger partial charge in [0.25, 0.3) is 0 Å². The molecule has 0 amide bonds. The van der Waals surface area contributed by atoms with E-state index in [4.69, 9.17) is 0 Å². The third kappa shape index (κ3) is 5.14. The quantitative estimate of drug-likeness (QED) is 0.170. The summed E-state index contributed by atoms with van der Waals surface area (Å²) in [5.41, 5.74) is 20.2. The largest absolute Gasteiger partial charge is 0.311 e. The highest BCUT2D eigenvalue weighted by Crippen LogP contribution is 2.64. The van der Waals surface area contributed by atoms with Gasteiger partial charge in [0.1, 0.15) is 0 Å². The van der Waals surface area contributed by atoms with Gasteiger partial charge in [0.2, 0.25) is 0 Å². The second kappa shape index (κ2) is 12.7. The molecule has 0 spiro atoms. The van der Waals surface area contributed by atoms with E-state index in [9.17, 15) is 0 Å². The third-order valence-corrected chi connectivity index (χ3v) is 13.0. The molecular formula is C56H49N. The van der Waals surface area contributed by atoms with E-state index in [1.54, 1.807) is 0 Å². The number of hydrogen-bond acceptors (Lipinski definition) is 1. The Morgan fingerprint density at radius 3 is 1.60 bits per heavy atom. The van der Waals surface area contributed by atoms with Gasteiger partial charge in [0.15, 0.2) is 0 Å². The second-order valence-electron chi connectivity index (χ2n) is 17.9. The smallest absolute Gasteiger partial charge is 0.0716 e. The molecule has 0 heterocycles. The van der Waals surface area contributed by atoms with Crippen LogP contribution in [0.15, 0.2) is 170 Å². The van der Waals surface area contributed by atoms with Crippen LogP contribution in [0.1, 0.15) is 84.7 Å². The van der Waals surface area contributed by atoms with Crippen LogP contribution in [-0.4, -0.2) is 0 Å². The maximum atomic E-state index is 2.48. The molecule has 1 heteroatoms. The maximum absolute atomic E-state index is 2.48. The summed E-state index contributed by atoms with van der Waals surface area (Å²) >= 11 is 0. The van der Waals surface area contributed by atoms with Crippen LogP contribution in [-0.2, 0) is 16.2 Å². The highest BCUT2D eigenvalue weighted by Gasteiger charge is 2.52. The highest BCUT2D eigenvalue weighted by atomic mass is 15.1. The van der Waals surface area contributed by atoms with Gasteiger partial charge in [0.05, 0.1) is 5.41 Å². The van der Waals surface area contributed by atoms with Crippen LogP contribution < -0.4 is 4.90 Å². The van der Waals surface area contributed by atoms with Crippen molar-refractivity contribution in [1.82, 2.24) is 0 Å². The summed E-state index contributed by atoms with van der Waals surface area (Å²) in [7, 11) is 0. The van der Waals surface area contributed by atoms with Crippen LogP contribution in [0.4, 0.5) is 17.1 Å². The van der Waals surface area contributed by atoms with E-state index in [0.29, 0.717) is 0 Å². The fourth-order valence-electron chi connectivity index (χ4n) is 10.3. The molecule has 278 valence electrons. The lowest BCUT2D eigenvalue weighted by Crippen LogP contribution is -2.32. The number of rotatable bonds is 5. The minimum atomic E-state index is -0.564. The molecular weight excluding hydrogens is 687 g/mol. The lowest BCUT2D eigenvalue weighted by Gasteiger charge is -2.38. The van der Waals surface area contributed by atoms with Gasteiger partial charge in [0, 0.05) is 22.5 Å². The fourth-order valence-corrected chi connectivity index (χ4v) is 10.3. The summed E-state index contributed by atoms with van der Waals surface area (Å²) in [4.78, 5) is 2.36. The van der Waals surface area contributed by atoms with E-state index in [-0.39, 0.29) is 10.8 Å². The molecule has 0 N–H and O–H groups in total. The normalized spacial score (nSPS) is 16.2. The van der Waals surface area contributed by atoms with Crippen molar-refractivity contribution in [3.8, 4) is 22.3 Å². The van der Waals surface area contributed by atoms with E-state index in [2.05, 4.69) is 223 Å². The van der Waals surface area contributed by atoms with Crippen molar-refractivity contribution in [2.75, 3.05) is 4.90 Å². The van der Waals surface area contributed by atoms with E-state index in [1.807, 2.05) is 0 Å². The second-order valence-corrected chi connectivity index (χ2v) is 17.9. The first-order valence-corrected chi connectivity index (χ1v) is 20.4. The van der Waals surface area contributed by atoms with Crippen molar-refractivity contribution in [2.45, 2.75) is 64.7 Å². The monoisotopic (exact) mass is 735 g/mol. The Kier molecular flexibility index (Phi) is 7.83. The first kappa shape index (κ1) is 35.2. The molecule has 0 saturated heterocycles.